The lowest BCUT2D eigenvalue weighted by Gasteiger charge is -2.34. The van der Waals surface area contributed by atoms with Crippen LogP contribution in [0.1, 0.15) is 5.69 Å². The van der Waals surface area contributed by atoms with Crippen LogP contribution in [0.2, 0.25) is 0 Å². The number of hydrogen-bond donors (Lipinski definition) is 0. The number of hydrogen-bond acceptors (Lipinski definition) is 6. The number of carbonyl (C=O) groups excluding carboxylic acids is 2. The predicted molar refractivity (Wildman–Crippen MR) is 109 cm³/mol. The van der Waals surface area contributed by atoms with E-state index in [-0.39, 0.29) is 11.8 Å². The molecule has 2 aliphatic heterocycles. The zero-order valence-corrected chi connectivity index (χ0v) is 16.9. The van der Waals surface area contributed by atoms with Gasteiger partial charge < -0.3 is 19.3 Å². The molecule has 0 saturated carbocycles. The van der Waals surface area contributed by atoms with Crippen molar-refractivity contribution in [3.05, 3.63) is 48.3 Å². The van der Waals surface area contributed by atoms with Crippen molar-refractivity contribution < 1.29 is 19.1 Å². The van der Waals surface area contributed by atoms with Crippen LogP contribution in [0.3, 0.4) is 0 Å². The number of carbonyl (C=O) groups is 2. The number of amides is 2. The highest BCUT2D eigenvalue weighted by Gasteiger charge is 2.24. The summed E-state index contributed by atoms with van der Waals surface area (Å²) in [5, 5.41) is 0. The molecule has 0 aliphatic carbocycles. The normalized spacial score (nSPS) is 15.9. The molecular formula is C21H23N3O4S. The predicted octanol–water partition coefficient (Wildman–Crippen LogP) is 1.86. The van der Waals surface area contributed by atoms with E-state index in [0.29, 0.717) is 51.6 Å². The van der Waals surface area contributed by atoms with Gasteiger partial charge in [0.25, 0.3) is 0 Å². The molecule has 1 aromatic heterocycles. The Kier molecular flexibility index (Phi) is 6.19. The molecule has 29 heavy (non-hydrogen) atoms. The molecule has 2 aromatic rings. The molecule has 0 spiro atoms. The lowest BCUT2D eigenvalue weighted by atomic mass is 10.2. The molecule has 0 atom stereocenters. The van der Waals surface area contributed by atoms with Crippen LogP contribution < -0.4 is 9.47 Å². The number of benzene rings is 1. The summed E-state index contributed by atoms with van der Waals surface area (Å²) in [6.45, 7) is 3.36. The Balaban J connectivity index is 1.23. The number of piperazine rings is 1. The lowest BCUT2D eigenvalue weighted by molar-refractivity contribution is -0.137. The second kappa shape index (κ2) is 9.17. The third kappa shape index (κ3) is 5.00. The topological polar surface area (TPSA) is 72.0 Å². The molecule has 7 nitrogen and oxygen atoms in total. The largest absolute Gasteiger partial charge is 0.486 e. The number of aromatic nitrogens is 1. The van der Waals surface area contributed by atoms with E-state index in [4.69, 9.17) is 9.47 Å². The Labute approximate surface area is 174 Å². The molecule has 0 unspecified atom stereocenters. The molecule has 3 heterocycles. The Morgan fingerprint density at radius 3 is 2.38 bits per heavy atom. The smallest absolute Gasteiger partial charge is 0.233 e. The molecule has 8 heteroatoms. The van der Waals surface area contributed by atoms with Crippen molar-refractivity contribution in [3.8, 4) is 11.5 Å². The second-order valence-electron chi connectivity index (χ2n) is 6.85. The van der Waals surface area contributed by atoms with Crippen molar-refractivity contribution in [2.45, 2.75) is 11.3 Å². The molecule has 2 aliphatic rings. The van der Waals surface area contributed by atoms with E-state index in [2.05, 4.69) is 4.98 Å². The SMILES string of the molecule is O=C(CSc1ccc2c(c1)OCCO2)N1CCN(C(=O)Cc2ccccn2)CC1. The Hall–Kier alpha value is -2.74. The first-order valence-electron chi connectivity index (χ1n) is 9.67. The van der Waals surface area contributed by atoms with Gasteiger partial charge in [-0.15, -0.1) is 11.8 Å². The van der Waals surface area contributed by atoms with Gasteiger partial charge >= 0.3 is 0 Å². The van der Waals surface area contributed by atoms with Crippen molar-refractivity contribution in [3.63, 3.8) is 0 Å². The summed E-state index contributed by atoms with van der Waals surface area (Å²) in [7, 11) is 0. The molecule has 0 radical (unpaired) electrons. The van der Waals surface area contributed by atoms with Crippen LogP contribution in [-0.2, 0) is 16.0 Å². The monoisotopic (exact) mass is 413 g/mol. The Morgan fingerprint density at radius 1 is 0.931 bits per heavy atom. The average molecular weight is 413 g/mol. The first-order valence-corrected chi connectivity index (χ1v) is 10.7. The zero-order valence-electron chi connectivity index (χ0n) is 16.1. The molecule has 0 bridgehead atoms. The van der Waals surface area contributed by atoms with E-state index in [0.717, 1.165) is 22.1 Å². The van der Waals surface area contributed by atoms with Crippen LogP contribution in [0.25, 0.3) is 0 Å². The number of fused-ring (bicyclic) bond motifs is 1. The lowest BCUT2D eigenvalue weighted by Crippen LogP contribution is -2.51. The minimum Gasteiger partial charge on any atom is -0.486 e. The van der Waals surface area contributed by atoms with Crippen molar-refractivity contribution >= 4 is 23.6 Å². The van der Waals surface area contributed by atoms with E-state index >= 15 is 0 Å². The minimum absolute atomic E-state index is 0.0569. The highest BCUT2D eigenvalue weighted by molar-refractivity contribution is 8.00. The molecule has 2 amide bonds. The van der Waals surface area contributed by atoms with Crippen LogP contribution in [-0.4, -0.2) is 71.7 Å². The fraction of sp³-hybridized carbons (Fsp3) is 0.381. The summed E-state index contributed by atoms with van der Waals surface area (Å²) in [6, 6.07) is 11.3. The van der Waals surface area contributed by atoms with E-state index in [1.807, 2.05) is 46.2 Å². The Morgan fingerprint density at radius 2 is 1.66 bits per heavy atom. The number of rotatable bonds is 5. The highest BCUT2D eigenvalue weighted by atomic mass is 32.2. The van der Waals surface area contributed by atoms with Crippen molar-refractivity contribution in [1.29, 1.82) is 0 Å². The van der Waals surface area contributed by atoms with Crippen molar-refractivity contribution in [2.75, 3.05) is 45.1 Å². The summed E-state index contributed by atoms with van der Waals surface area (Å²) in [4.78, 5) is 33.8. The average Bonchev–Trinajstić information content (AvgIpc) is 2.78. The number of nitrogens with zero attached hydrogens (tertiary/aromatic N) is 3. The second-order valence-corrected chi connectivity index (χ2v) is 7.90. The first kappa shape index (κ1) is 19.6. The quantitative estimate of drug-likeness (QED) is 0.697. The van der Waals surface area contributed by atoms with Gasteiger partial charge in [0.05, 0.1) is 12.2 Å². The minimum atomic E-state index is 0.0569. The van der Waals surface area contributed by atoms with Gasteiger partial charge in [0, 0.05) is 43.0 Å². The number of ether oxygens (including phenoxy) is 2. The Bertz CT molecular complexity index is 869. The standard InChI is InChI=1S/C21H23N3O4S/c25-20(13-16-3-1-2-6-22-16)23-7-9-24(10-8-23)21(26)15-29-17-4-5-18-19(14-17)28-12-11-27-18/h1-6,14H,7-13,15H2. The fourth-order valence-corrected chi connectivity index (χ4v) is 4.15. The molecule has 1 saturated heterocycles. The molecule has 4 rings (SSSR count). The maximum absolute atomic E-state index is 12.6. The van der Waals surface area contributed by atoms with Gasteiger partial charge in [0.2, 0.25) is 11.8 Å². The van der Waals surface area contributed by atoms with E-state index in [9.17, 15) is 9.59 Å². The van der Waals surface area contributed by atoms with Crippen LogP contribution in [0, 0.1) is 0 Å². The number of pyridine rings is 1. The summed E-state index contributed by atoms with van der Waals surface area (Å²) in [5.41, 5.74) is 0.770. The molecule has 0 N–H and O–H groups in total. The van der Waals surface area contributed by atoms with Gasteiger partial charge in [0.1, 0.15) is 13.2 Å². The summed E-state index contributed by atoms with van der Waals surface area (Å²) < 4.78 is 11.1. The van der Waals surface area contributed by atoms with Gasteiger partial charge in [-0.05, 0) is 30.3 Å². The first-order chi connectivity index (χ1) is 14.2. The third-order valence-corrected chi connectivity index (χ3v) is 5.90. The van der Waals surface area contributed by atoms with Gasteiger partial charge in [-0.25, -0.2) is 0 Å². The summed E-state index contributed by atoms with van der Waals surface area (Å²) in [5.74, 6) is 1.98. The maximum atomic E-state index is 12.6. The van der Waals surface area contributed by atoms with Crippen LogP contribution >= 0.6 is 11.8 Å². The van der Waals surface area contributed by atoms with Crippen LogP contribution in [0.15, 0.2) is 47.5 Å². The van der Waals surface area contributed by atoms with E-state index < -0.39 is 0 Å². The van der Waals surface area contributed by atoms with Gasteiger partial charge in [-0.3, -0.25) is 14.6 Å². The molecule has 152 valence electrons. The van der Waals surface area contributed by atoms with Gasteiger partial charge in [0.15, 0.2) is 11.5 Å². The zero-order chi connectivity index (χ0) is 20.1. The van der Waals surface area contributed by atoms with Gasteiger partial charge in [-0.2, -0.15) is 0 Å². The molecule has 1 fully saturated rings. The summed E-state index contributed by atoms with van der Waals surface area (Å²) >= 11 is 1.49. The van der Waals surface area contributed by atoms with Crippen LogP contribution in [0.4, 0.5) is 0 Å². The van der Waals surface area contributed by atoms with E-state index in [1.165, 1.54) is 11.8 Å². The molecular weight excluding hydrogens is 390 g/mol. The van der Waals surface area contributed by atoms with Gasteiger partial charge in [-0.1, -0.05) is 6.07 Å². The van der Waals surface area contributed by atoms with Crippen molar-refractivity contribution in [1.82, 2.24) is 14.8 Å². The molecule has 1 aromatic carbocycles. The third-order valence-electron chi connectivity index (χ3n) is 4.92. The highest BCUT2D eigenvalue weighted by Crippen LogP contribution is 2.34. The fourth-order valence-electron chi connectivity index (χ4n) is 3.32. The number of thioether (sulfide) groups is 1. The van der Waals surface area contributed by atoms with Crippen molar-refractivity contribution in [2.24, 2.45) is 0 Å². The summed E-state index contributed by atoms with van der Waals surface area (Å²) in [6.07, 6.45) is 1.99. The maximum Gasteiger partial charge on any atom is 0.233 e. The van der Waals surface area contributed by atoms with Crippen LogP contribution in [0.5, 0.6) is 11.5 Å². The van der Waals surface area contributed by atoms with E-state index in [1.54, 1.807) is 6.20 Å².